The minimum absolute atomic E-state index is 0.272. The number of rotatable bonds is 2. The van der Waals surface area contributed by atoms with Crippen LogP contribution >= 0.6 is 11.8 Å². The van der Waals surface area contributed by atoms with E-state index in [0.717, 1.165) is 10.6 Å². The number of carbonyl (C=O) groups is 1. The first kappa shape index (κ1) is 14.8. The van der Waals surface area contributed by atoms with Gasteiger partial charge in [-0.05, 0) is 32.0 Å². The van der Waals surface area contributed by atoms with Gasteiger partial charge >= 0.3 is 5.97 Å². The lowest BCUT2D eigenvalue weighted by atomic mass is 10.1. The van der Waals surface area contributed by atoms with Gasteiger partial charge < -0.3 is 9.36 Å². The molecular weight excluding hydrogens is 307 g/mol. The first-order valence-electron chi connectivity index (χ1n) is 6.70. The topological polar surface area (TPSA) is 64.7 Å². The molecule has 0 unspecified atom stereocenters. The number of halogens is 1. The molecule has 0 spiro atoms. The highest BCUT2D eigenvalue weighted by atomic mass is 32.2. The Morgan fingerprint density at radius 3 is 3.00 bits per heavy atom. The van der Waals surface area contributed by atoms with Gasteiger partial charge in [0.2, 0.25) is 0 Å². The van der Waals surface area contributed by atoms with Gasteiger partial charge in [0.15, 0.2) is 0 Å². The second kappa shape index (κ2) is 5.92. The van der Waals surface area contributed by atoms with Crippen LogP contribution in [0.25, 0.3) is 0 Å². The third kappa shape index (κ3) is 2.76. The Morgan fingerprint density at radius 2 is 2.27 bits per heavy atom. The van der Waals surface area contributed by atoms with Crippen LogP contribution in [0.3, 0.4) is 0 Å². The summed E-state index contributed by atoms with van der Waals surface area (Å²) < 4.78 is 18.3. The third-order valence-corrected chi connectivity index (χ3v) is 4.40. The highest BCUT2D eigenvalue weighted by molar-refractivity contribution is 7.99. The minimum Gasteiger partial charge on any atom is -0.361 e. The highest BCUT2D eigenvalue weighted by Crippen LogP contribution is 2.31. The smallest absolute Gasteiger partial charge is 0.361 e. The number of aromatic nitrogens is 1. The fourth-order valence-electron chi connectivity index (χ4n) is 2.26. The van der Waals surface area contributed by atoms with Crippen molar-refractivity contribution in [2.75, 3.05) is 5.75 Å². The van der Waals surface area contributed by atoms with Crippen molar-refractivity contribution in [3.05, 3.63) is 46.6 Å². The molecule has 22 heavy (non-hydrogen) atoms. The summed E-state index contributed by atoms with van der Waals surface area (Å²) in [4.78, 5) is 18.0. The molecule has 0 saturated carbocycles. The molecule has 0 saturated heterocycles. The predicted molar refractivity (Wildman–Crippen MR) is 79.7 cm³/mol. The van der Waals surface area contributed by atoms with Crippen LogP contribution in [0.1, 0.15) is 33.8 Å². The van der Waals surface area contributed by atoms with Crippen LogP contribution in [0.4, 0.5) is 4.39 Å². The minimum atomic E-state index is -0.625. The number of nitrogens with zero attached hydrogens (tertiary/aromatic N) is 2. The van der Waals surface area contributed by atoms with Gasteiger partial charge in [-0.3, -0.25) is 0 Å². The summed E-state index contributed by atoms with van der Waals surface area (Å²) in [6.45, 7) is 3.29. The van der Waals surface area contributed by atoms with Gasteiger partial charge in [-0.1, -0.05) is 10.3 Å². The van der Waals surface area contributed by atoms with Gasteiger partial charge in [0.1, 0.15) is 17.1 Å². The van der Waals surface area contributed by atoms with E-state index in [2.05, 4.69) is 10.3 Å². The number of hydrogen-bond donors (Lipinski definition) is 0. The van der Waals surface area contributed by atoms with Crippen molar-refractivity contribution < 1.29 is 18.5 Å². The molecular formula is C15H13FN2O3S. The fourth-order valence-corrected chi connectivity index (χ4v) is 3.27. The number of fused-ring (bicyclic) bond motifs is 1. The van der Waals surface area contributed by atoms with Gasteiger partial charge in [0, 0.05) is 22.6 Å². The average Bonchev–Trinajstić information content (AvgIpc) is 2.84. The van der Waals surface area contributed by atoms with Crippen LogP contribution in [-0.4, -0.2) is 22.6 Å². The normalized spacial score (nSPS) is 15.7. The molecule has 0 atom stereocenters. The highest BCUT2D eigenvalue weighted by Gasteiger charge is 2.21. The molecule has 1 aliphatic rings. The van der Waals surface area contributed by atoms with Crippen molar-refractivity contribution in [1.29, 1.82) is 0 Å². The van der Waals surface area contributed by atoms with Crippen molar-refractivity contribution in [2.24, 2.45) is 5.16 Å². The Labute approximate surface area is 130 Å². The predicted octanol–water partition coefficient (Wildman–Crippen LogP) is 3.49. The van der Waals surface area contributed by atoms with E-state index in [1.54, 1.807) is 31.7 Å². The number of thioether (sulfide) groups is 1. The number of aryl methyl sites for hydroxylation is 2. The summed E-state index contributed by atoms with van der Waals surface area (Å²) in [6.07, 6.45) is 0.607. The molecule has 7 heteroatoms. The number of hydrogen-bond acceptors (Lipinski definition) is 6. The molecule has 2 heterocycles. The molecule has 0 radical (unpaired) electrons. The molecule has 5 nitrogen and oxygen atoms in total. The molecule has 114 valence electrons. The average molecular weight is 320 g/mol. The monoisotopic (exact) mass is 320 g/mol. The summed E-state index contributed by atoms with van der Waals surface area (Å²) in [5.41, 5.74) is 1.96. The molecule has 1 aromatic carbocycles. The van der Waals surface area contributed by atoms with Crippen molar-refractivity contribution in [3.8, 4) is 0 Å². The lowest BCUT2D eigenvalue weighted by Gasteiger charge is -2.16. The zero-order valence-electron chi connectivity index (χ0n) is 12.1. The summed E-state index contributed by atoms with van der Waals surface area (Å²) in [7, 11) is 0. The molecule has 2 aromatic rings. The van der Waals surface area contributed by atoms with Gasteiger partial charge in [-0.15, -0.1) is 11.8 Å². The molecule has 3 rings (SSSR count). The van der Waals surface area contributed by atoms with Gasteiger partial charge in [0.05, 0.1) is 11.4 Å². The largest absolute Gasteiger partial charge is 0.371 e. The van der Waals surface area contributed by atoms with E-state index in [1.807, 2.05) is 0 Å². The van der Waals surface area contributed by atoms with Crippen molar-refractivity contribution in [2.45, 2.75) is 25.2 Å². The Kier molecular flexibility index (Phi) is 3.98. The molecule has 0 bridgehead atoms. The van der Waals surface area contributed by atoms with E-state index in [1.165, 1.54) is 12.1 Å². The van der Waals surface area contributed by atoms with Crippen LogP contribution in [0.15, 0.2) is 32.8 Å². The van der Waals surface area contributed by atoms with Crippen molar-refractivity contribution in [3.63, 3.8) is 0 Å². The number of carbonyl (C=O) groups excluding carboxylic acids is 1. The summed E-state index contributed by atoms with van der Waals surface area (Å²) in [6, 6.07) is 4.52. The van der Waals surface area contributed by atoms with Crippen LogP contribution in [0.2, 0.25) is 0 Å². The zero-order valence-corrected chi connectivity index (χ0v) is 12.9. The third-order valence-electron chi connectivity index (χ3n) is 3.33. The first-order valence-corrected chi connectivity index (χ1v) is 7.68. The maximum atomic E-state index is 13.4. The van der Waals surface area contributed by atoms with Gasteiger partial charge in [-0.25, -0.2) is 9.18 Å². The lowest BCUT2D eigenvalue weighted by molar-refractivity contribution is 0.0513. The van der Waals surface area contributed by atoms with E-state index in [9.17, 15) is 9.18 Å². The second-order valence-electron chi connectivity index (χ2n) is 4.85. The Balaban J connectivity index is 1.86. The Morgan fingerprint density at radius 1 is 1.45 bits per heavy atom. The van der Waals surface area contributed by atoms with E-state index in [0.29, 0.717) is 29.2 Å². The van der Waals surface area contributed by atoms with Crippen molar-refractivity contribution >= 4 is 23.4 Å². The SMILES string of the molecule is Cc1noc(C)c1C(=O)ON=C1CCSc2ccc(F)cc21. The maximum Gasteiger partial charge on any atom is 0.371 e. The standard InChI is InChI=1S/C15H13FN2O3S/c1-8-14(9(2)20-17-8)15(19)21-18-12-5-6-22-13-4-3-10(16)7-11(12)13/h3-4,7H,5-6H2,1-2H3. The molecule has 1 aliphatic heterocycles. The van der Waals surface area contributed by atoms with Crippen LogP contribution in [0, 0.1) is 19.7 Å². The quantitative estimate of drug-likeness (QED) is 0.626. The maximum absolute atomic E-state index is 13.4. The van der Waals surface area contributed by atoms with E-state index in [4.69, 9.17) is 9.36 Å². The molecule has 0 N–H and O–H groups in total. The van der Waals surface area contributed by atoms with Gasteiger partial charge in [-0.2, -0.15) is 0 Å². The molecule has 0 aliphatic carbocycles. The summed E-state index contributed by atoms with van der Waals surface area (Å²) in [5.74, 6) is 0.222. The fraction of sp³-hybridized carbons (Fsp3) is 0.267. The lowest BCUT2D eigenvalue weighted by Crippen LogP contribution is -2.12. The Bertz CT molecular complexity index is 751. The van der Waals surface area contributed by atoms with Crippen LogP contribution in [0.5, 0.6) is 0 Å². The second-order valence-corrected chi connectivity index (χ2v) is 5.99. The van der Waals surface area contributed by atoms with Gasteiger partial charge in [0.25, 0.3) is 0 Å². The Hall–Kier alpha value is -2.15. The molecule has 0 fully saturated rings. The van der Waals surface area contributed by atoms with Crippen LogP contribution < -0.4 is 0 Å². The van der Waals surface area contributed by atoms with Crippen LogP contribution in [-0.2, 0) is 4.84 Å². The molecule has 0 amide bonds. The summed E-state index contributed by atoms with van der Waals surface area (Å²) >= 11 is 1.63. The van der Waals surface area contributed by atoms with Crippen molar-refractivity contribution in [1.82, 2.24) is 5.16 Å². The first-order chi connectivity index (χ1) is 10.6. The molecule has 1 aromatic heterocycles. The zero-order chi connectivity index (χ0) is 15.7. The van der Waals surface area contributed by atoms with E-state index in [-0.39, 0.29) is 11.4 Å². The summed E-state index contributed by atoms with van der Waals surface area (Å²) in [5, 5.41) is 7.62. The number of oxime groups is 1. The number of benzene rings is 1. The van der Waals surface area contributed by atoms with E-state index >= 15 is 0 Å². The van der Waals surface area contributed by atoms with E-state index < -0.39 is 5.97 Å².